The van der Waals surface area contributed by atoms with Crippen molar-refractivity contribution < 1.29 is 18.0 Å². The Kier molecular flexibility index (Phi) is 7.78. The summed E-state index contributed by atoms with van der Waals surface area (Å²) in [5.41, 5.74) is 1.47. The Morgan fingerprint density at radius 2 is 1.97 bits per heavy atom. The molecule has 0 radical (unpaired) electrons. The molecule has 1 aromatic carbocycles. The van der Waals surface area contributed by atoms with E-state index in [1.54, 1.807) is 6.07 Å². The van der Waals surface area contributed by atoms with Crippen molar-refractivity contribution in [2.75, 3.05) is 5.32 Å². The predicted molar refractivity (Wildman–Crippen MR) is 123 cm³/mol. The van der Waals surface area contributed by atoms with Crippen molar-refractivity contribution in [3.05, 3.63) is 89.3 Å². The first kappa shape index (κ1) is 23.6. The largest absolute Gasteiger partial charge is 0.418 e. The number of nitrogens with zero attached hydrogens (tertiary/aromatic N) is 1. The number of nitrogens with one attached hydrogen (secondary N) is 1. The van der Waals surface area contributed by atoms with Crippen molar-refractivity contribution in [2.24, 2.45) is 0 Å². The quantitative estimate of drug-likeness (QED) is 0.451. The van der Waals surface area contributed by atoms with E-state index in [0.717, 1.165) is 44.0 Å². The minimum atomic E-state index is -4.54. The van der Waals surface area contributed by atoms with E-state index in [-0.39, 0.29) is 11.6 Å². The van der Waals surface area contributed by atoms with Crippen molar-refractivity contribution in [1.82, 2.24) is 4.57 Å². The molecule has 3 nitrogen and oxygen atoms in total. The van der Waals surface area contributed by atoms with Crippen LogP contribution >= 0.6 is 0 Å². The fraction of sp³-hybridized carbons (Fsp3) is 0.346. The van der Waals surface area contributed by atoms with Gasteiger partial charge in [-0.2, -0.15) is 13.2 Å². The normalized spacial score (nSPS) is 14.7. The summed E-state index contributed by atoms with van der Waals surface area (Å²) in [6.07, 6.45) is 11.5. The zero-order valence-electron chi connectivity index (χ0n) is 18.5. The van der Waals surface area contributed by atoms with E-state index in [9.17, 15) is 18.0 Å². The molecule has 0 aliphatic heterocycles. The van der Waals surface area contributed by atoms with Crippen LogP contribution in [-0.4, -0.2) is 10.5 Å². The molecule has 1 aromatic heterocycles. The van der Waals surface area contributed by atoms with Gasteiger partial charge in [-0.05, 0) is 55.4 Å². The molecule has 1 aliphatic carbocycles. The minimum Gasteiger partial charge on any atom is -0.350 e. The summed E-state index contributed by atoms with van der Waals surface area (Å²) in [6.45, 7) is 4.81. The summed E-state index contributed by atoms with van der Waals surface area (Å²) in [5, 5.41) is 2.48. The molecule has 32 heavy (non-hydrogen) atoms. The first-order chi connectivity index (χ1) is 15.3. The van der Waals surface area contributed by atoms with Crippen LogP contribution in [0.5, 0.6) is 0 Å². The van der Waals surface area contributed by atoms with Gasteiger partial charge in [-0.25, -0.2) is 0 Å². The number of carbonyl (C=O) groups is 1. The highest BCUT2D eigenvalue weighted by Gasteiger charge is 2.34. The van der Waals surface area contributed by atoms with Crippen molar-refractivity contribution in [2.45, 2.75) is 58.2 Å². The second-order valence-electron chi connectivity index (χ2n) is 8.03. The summed E-state index contributed by atoms with van der Waals surface area (Å²) in [5.74, 6) is -0.418. The van der Waals surface area contributed by atoms with Gasteiger partial charge >= 0.3 is 6.18 Å². The number of para-hydroxylation sites is 1. The van der Waals surface area contributed by atoms with Crippen LogP contribution in [0.2, 0.25) is 0 Å². The van der Waals surface area contributed by atoms with E-state index >= 15 is 0 Å². The molecule has 1 heterocycles. The average Bonchev–Trinajstić information content (AvgIpc) is 3.01. The number of hydrogen-bond acceptors (Lipinski definition) is 1. The second-order valence-corrected chi connectivity index (χ2v) is 8.03. The summed E-state index contributed by atoms with van der Waals surface area (Å²) in [4.78, 5) is 13.0. The van der Waals surface area contributed by atoms with Gasteiger partial charge < -0.3 is 9.88 Å². The van der Waals surface area contributed by atoms with E-state index in [1.165, 1.54) is 23.8 Å². The third kappa shape index (κ3) is 5.81. The van der Waals surface area contributed by atoms with Crippen molar-refractivity contribution in [3.63, 3.8) is 0 Å². The summed E-state index contributed by atoms with van der Waals surface area (Å²) in [7, 11) is 0. The Morgan fingerprint density at radius 3 is 2.72 bits per heavy atom. The summed E-state index contributed by atoms with van der Waals surface area (Å²) < 4.78 is 42.0. The maximum absolute atomic E-state index is 13.3. The third-order valence-electron chi connectivity index (χ3n) is 5.73. The van der Waals surface area contributed by atoms with Gasteiger partial charge in [0, 0.05) is 18.4 Å². The zero-order chi connectivity index (χ0) is 23.1. The number of carbonyl (C=O) groups excluding carboxylic acids is 1. The Labute approximate surface area is 187 Å². The molecule has 1 aliphatic rings. The van der Waals surface area contributed by atoms with Crippen LogP contribution in [0.1, 0.15) is 67.1 Å². The Morgan fingerprint density at radius 1 is 1.19 bits per heavy atom. The summed E-state index contributed by atoms with van der Waals surface area (Å²) >= 11 is 0. The van der Waals surface area contributed by atoms with Gasteiger partial charge in [0.15, 0.2) is 0 Å². The van der Waals surface area contributed by atoms with E-state index in [2.05, 4.69) is 40.3 Å². The fourth-order valence-corrected chi connectivity index (χ4v) is 3.89. The van der Waals surface area contributed by atoms with E-state index in [4.69, 9.17) is 0 Å². The number of allylic oxidation sites excluding steroid dienone is 6. The maximum atomic E-state index is 13.3. The van der Waals surface area contributed by atoms with Crippen LogP contribution in [-0.2, 0) is 12.7 Å². The Hall–Kier alpha value is -3.02. The predicted octanol–water partition coefficient (Wildman–Crippen LogP) is 7.50. The van der Waals surface area contributed by atoms with Gasteiger partial charge in [-0.1, -0.05) is 56.4 Å². The molecule has 1 atom stereocenters. The minimum absolute atomic E-state index is 0.100. The molecule has 0 spiro atoms. The molecule has 1 amide bonds. The topological polar surface area (TPSA) is 34.0 Å². The molecule has 6 heteroatoms. The molecular weight excluding hydrogens is 413 g/mol. The number of benzene rings is 1. The van der Waals surface area contributed by atoms with Crippen LogP contribution < -0.4 is 5.32 Å². The van der Waals surface area contributed by atoms with Crippen molar-refractivity contribution >= 4 is 11.6 Å². The highest BCUT2D eigenvalue weighted by Crippen LogP contribution is 2.35. The maximum Gasteiger partial charge on any atom is 0.418 e. The monoisotopic (exact) mass is 442 g/mol. The molecule has 1 N–H and O–H groups in total. The van der Waals surface area contributed by atoms with Crippen LogP contribution in [0.4, 0.5) is 18.9 Å². The van der Waals surface area contributed by atoms with Crippen LogP contribution in [0, 0.1) is 0 Å². The van der Waals surface area contributed by atoms with E-state index in [0.29, 0.717) is 5.56 Å². The SMILES string of the molecule is CCC(C)c1c(C(=O)Nc2ccccc2C(F)(F)F)ccn1CCCC1=CC=CCC=C1. The van der Waals surface area contributed by atoms with Crippen molar-refractivity contribution in [3.8, 4) is 0 Å². The molecule has 0 bridgehead atoms. The molecule has 0 saturated carbocycles. The number of halogens is 3. The van der Waals surface area contributed by atoms with Gasteiger partial charge in [0.1, 0.15) is 0 Å². The number of rotatable bonds is 8. The molecule has 3 rings (SSSR count). The number of amides is 1. The Bertz CT molecular complexity index is 1030. The molecule has 1 unspecified atom stereocenters. The Balaban J connectivity index is 1.78. The van der Waals surface area contributed by atoms with Crippen LogP contribution in [0.3, 0.4) is 0 Å². The lowest BCUT2D eigenvalue weighted by Crippen LogP contribution is -2.19. The van der Waals surface area contributed by atoms with Gasteiger partial charge in [0.2, 0.25) is 0 Å². The van der Waals surface area contributed by atoms with E-state index < -0.39 is 17.6 Å². The lowest BCUT2D eigenvalue weighted by molar-refractivity contribution is -0.136. The van der Waals surface area contributed by atoms with Gasteiger partial charge in [-0.3, -0.25) is 4.79 Å². The number of hydrogen-bond donors (Lipinski definition) is 1. The number of aryl methyl sites for hydroxylation is 1. The first-order valence-electron chi connectivity index (χ1n) is 11.0. The fourth-order valence-electron chi connectivity index (χ4n) is 3.89. The lowest BCUT2D eigenvalue weighted by Gasteiger charge is -2.18. The number of anilines is 1. The number of alkyl halides is 3. The highest BCUT2D eigenvalue weighted by molar-refractivity contribution is 6.05. The number of aromatic nitrogens is 1. The first-order valence-corrected chi connectivity index (χ1v) is 11.0. The van der Waals surface area contributed by atoms with Crippen LogP contribution in [0.25, 0.3) is 0 Å². The van der Waals surface area contributed by atoms with Gasteiger partial charge in [0.25, 0.3) is 5.91 Å². The standard InChI is InChI=1S/C26H29F3N2O/c1-3-19(2)24-21(25(32)30-23-15-9-8-14-22(23)26(27,28)29)16-18-31(24)17-10-13-20-11-6-4-5-7-12-20/h4,6-9,11-12,14-16,18-19H,3,5,10,13,17H2,1-2H3,(H,30,32). The second kappa shape index (κ2) is 10.5. The van der Waals surface area contributed by atoms with Gasteiger partial charge in [0.05, 0.1) is 16.8 Å². The highest BCUT2D eigenvalue weighted by atomic mass is 19.4. The third-order valence-corrected chi connectivity index (χ3v) is 5.73. The molecular formula is C26H29F3N2O. The van der Waals surface area contributed by atoms with Gasteiger partial charge in [-0.15, -0.1) is 0 Å². The molecule has 2 aromatic rings. The molecule has 0 fully saturated rings. The smallest absolute Gasteiger partial charge is 0.350 e. The van der Waals surface area contributed by atoms with E-state index in [1.807, 2.05) is 20.0 Å². The summed E-state index contributed by atoms with van der Waals surface area (Å²) in [6, 6.07) is 6.76. The molecule has 0 saturated heterocycles. The van der Waals surface area contributed by atoms with Crippen molar-refractivity contribution in [1.29, 1.82) is 0 Å². The zero-order valence-corrected chi connectivity index (χ0v) is 18.5. The van der Waals surface area contributed by atoms with Crippen LogP contribution in [0.15, 0.2) is 72.5 Å². The molecule has 170 valence electrons. The average molecular weight is 443 g/mol. The lowest BCUT2D eigenvalue weighted by atomic mass is 10.00.